The second kappa shape index (κ2) is 6.63. The number of carbonyl (C=O) groups is 1. The van der Waals surface area contributed by atoms with Crippen LogP contribution in [0.4, 0.5) is 8.78 Å². The number of hydrogen-bond acceptors (Lipinski definition) is 4. The number of piperidine rings is 2. The zero-order chi connectivity index (χ0) is 19.3. The topological polar surface area (TPSA) is 53.4 Å². The van der Waals surface area contributed by atoms with E-state index in [1.807, 2.05) is 18.2 Å². The van der Waals surface area contributed by atoms with E-state index in [-0.39, 0.29) is 23.1 Å². The smallest absolute Gasteiger partial charge is 0.333 e. The zero-order valence-electron chi connectivity index (χ0n) is 15.5. The summed E-state index contributed by atoms with van der Waals surface area (Å²) in [4.78, 5) is 17.9. The number of fused-ring (bicyclic) bond motifs is 1. The number of benzene rings is 1. The molecule has 0 saturated carbocycles. The zero-order valence-corrected chi connectivity index (χ0v) is 15.5. The predicted octanol–water partition coefficient (Wildman–Crippen LogP) is 1.58. The van der Waals surface area contributed by atoms with E-state index in [0.717, 1.165) is 45.5 Å². The molecule has 2 unspecified atom stereocenters. The van der Waals surface area contributed by atoms with E-state index < -0.39 is 6.55 Å². The minimum atomic E-state index is -2.75. The molecule has 4 aliphatic rings. The van der Waals surface area contributed by atoms with Crippen molar-refractivity contribution in [1.82, 2.24) is 24.9 Å². The number of alkyl halides is 2. The number of hydrogen-bond donors (Lipinski definition) is 1. The second-order valence-corrected chi connectivity index (χ2v) is 8.16. The van der Waals surface area contributed by atoms with Crippen molar-refractivity contribution in [2.75, 3.05) is 39.3 Å². The fourth-order valence-corrected chi connectivity index (χ4v) is 5.35. The Morgan fingerprint density at radius 1 is 1.11 bits per heavy atom. The molecule has 6 rings (SSSR count). The van der Waals surface area contributed by atoms with Crippen LogP contribution in [-0.2, 0) is 5.41 Å². The highest BCUT2D eigenvalue weighted by Crippen LogP contribution is 2.43. The summed E-state index contributed by atoms with van der Waals surface area (Å²) in [6, 6.07) is 11.7. The number of aromatic nitrogens is 2. The number of amides is 1. The van der Waals surface area contributed by atoms with Crippen LogP contribution in [0.2, 0.25) is 0 Å². The molecule has 5 heterocycles. The van der Waals surface area contributed by atoms with E-state index in [4.69, 9.17) is 0 Å². The lowest BCUT2D eigenvalue weighted by Crippen LogP contribution is -2.70. The van der Waals surface area contributed by atoms with Crippen LogP contribution in [0.5, 0.6) is 0 Å². The monoisotopic (exact) mass is 387 g/mol. The minimum Gasteiger partial charge on any atom is -0.347 e. The lowest BCUT2D eigenvalue weighted by atomic mass is 9.64. The van der Waals surface area contributed by atoms with Gasteiger partial charge in [0.1, 0.15) is 5.69 Å². The summed E-state index contributed by atoms with van der Waals surface area (Å²) in [5.74, 6) is -0.0813. The van der Waals surface area contributed by atoms with Gasteiger partial charge in [0, 0.05) is 62.8 Å². The van der Waals surface area contributed by atoms with Crippen LogP contribution in [0.1, 0.15) is 22.6 Å². The largest absolute Gasteiger partial charge is 0.347 e. The molecule has 6 nitrogen and oxygen atoms in total. The highest BCUT2D eigenvalue weighted by atomic mass is 19.3. The van der Waals surface area contributed by atoms with Crippen LogP contribution < -0.4 is 5.32 Å². The maximum absolute atomic E-state index is 12.9. The van der Waals surface area contributed by atoms with Crippen molar-refractivity contribution in [2.24, 2.45) is 5.92 Å². The van der Waals surface area contributed by atoms with Crippen LogP contribution in [0, 0.1) is 5.92 Å². The molecule has 1 amide bonds. The molecule has 1 aromatic heterocycles. The van der Waals surface area contributed by atoms with Gasteiger partial charge in [-0.25, -0.2) is 4.68 Å². The van der Waals surface area contributed by atoms with E-state index in [0.29, 0.717) is 10.6 Å². The van der Waals surface area contributed by atoms with Gasteiger partial charge in [0.2, 0.25) is 0 Å². The summed E-state index contributed by atoms with van der Waals surface area (Å²) < 4.78 is 26.2. The van der Waals surface area contributed by atoms with E-state index in [2.05, 4.69) is 32.3 Å². The third-order valence-corrected chi connectivity index (χ3v) is 6.47. The maximum Gasteiger partial charge on any atom is 0.333 e. The fraction of sp³-hybridized carbons (Fsp3) is 0.500. The first kappa shape index (κ1) is 17.8. The lowest BCUT2D eigenvalue weighted by Gasteiger charge is -2.55. The molecule has 4 saturated heterocycles. The maximum atomic E-state index is 12.9. The number of carbonyl (C=O) groups excluding carboxylic acids is 1. The van der Waals surface area contributed by atoms with Gasteiger partial charge in [-0.15, -0.1) is 0 Å². The van der Waals surface area contributed by atoms with Crippen LogP contribution in [0.15, 0.2) is 42.6 Å². The van der Waals surface area contributed by atoms with Crippen molar-refractivity contribution in [1.29, 1.82) is 0 Å². The Hall–Kier alpha value is -2.32. The van der Waals surface area contributed by atoms with Crippen LogP contribution in [-0.4, -0.2) is 70.8 Å². The molecular weight excluding hydrogens is 364 g/mol. The van der Waals surface area contributed by atoms with Crippen molar-refractivity contribution in [3.8, 4) is 0 Å². The number of rotatable bonds is 4. The molecule has 2 aromatic rings. The Morgan fingerprint density at radius 2 is 1.79 bits per heavy atom. The summed E-state index contributed by atoms with van der Waals surface area (Å²) in [5, 5.41) is 6.93. The fourth-order valence-electron chi connectivity index (χ4n) is 5.35. The first-order valence-electron chi connectivity index (χ1n) is 9.69. The summed E-state index contributed by atoms with van der Waals surface area (Å²) in [7, 11) is 0. The quantitative estimate of drug-likeness (QED) is 0.866. The van der Waals surface area contributed by atoms with Crippen molar-refractivity contribution in [3.63, 3.8) is 0 Å². The first-order chi connectivity index (χ1) is 13.5. The predicted molar refractivity (Wildman–Crippen MR) is 99.2 cm³/mol. The molecular formula is C20H23F2N5O. The van der Waals surface area contributed by atoms with Crippen molar-refractivity contribution in [2.45, 2.75) is 18.0 Å². The normalized spacial score (nSPS) is 33.8. The molecule has 0 radical (unpaired) electrons. The molecule has 148 valence electrons. The standard InChI is InChI=1S/C20H23F2N5O/c21-19(22)27-7-6-16(24-27)18(28)23-17-14-10-25-8-9-26(11-14)13-20(17,12-25)15-4-2-1-3-5-15/h1-7,14,17,19H,8-13H2,(H,23,28)/t14?,17-,20?/m1/s1. The molecule has 0 spiro atoms. The van der Waals surface area contributed by atoms with Crippen LogP contribution in [0.25, 0.3) is 0 Å². The van der Waals surface area contributed by atoms with Gasteiger partial charge in [0.05, 0.1) is 0 Å². The van der Waals surface area contributed by atoms with Crippen LogP contribution in [0.3, 0.4) is 0 Å². The Kier molecular flexibility index (Phi) is 4.21. The van der Waals surface area contributed by atoms with Crippen molar-refractivity contribution in [3.05, 3.63) is 53.9 Å². The summed E-state index contributed by atoms with van der Waals surface area (Å²) in [6.45, 7) is 3.02. The molecule has 4 fully saturated rings. The summed E-state index contributed by atoms with van der Waals surface area (Å²) in [6.07, 6.45) is 1.14. The molecule has 8 heteroatoms. The molecule has 28 heavy (non-hydrogen) atoms. The van der Waals surface area contributed by atoms with Gasteiger partial charge in [-0.05, 0) is 11.6 Å². The van der Waals surface area contributed by atoms with Gasteiger partial charge in [-0.2, -0.15) is 13.9 Å². The number of nitrogens with one attached hydrogen (secondary N) is 1. The van der Waals surface area contributed by atoms with Gasteiger partial charge in [-0.3, -0.25) is 4.79 Å². The molecule has 4 bridgehead atoms. The number of halogens is 2. The van der Waals surface area contributed by atoms with E-state index in [9.17, 15) is 13.6 Å². The Balaban J connectivity index is 1.49. The van der Waals surface area contributed by atoms with Crippen molar-refractivity contribution >= 4 is 5.91 Å². The minimum absolute atomic E-state index is 0.0377. The van der Waals surface area contributed by atoms with Gasteiger partial charge in [0.25, 0.3) is 5.91 Å². The summed E-state index contributed by atoms with van der Waals surface area (Å²) >= 11 is 0. The first-order valence-corrected chi connectivity index (χ1v) is 9.69. The highest BCUT2D eigenvalue weighted by Gasteiger charge is 2.55. The third-order valence-electron chi connectivity index (χ3n) is 6.47. The van der Waals surface area contributed by atoms with E-state index in [1.165, 1.54) is 11.6 Å². The van der Waals surface area contributed by atoms with E-state index >= 15 is 0 Å². The Morgan fingerprint density at radius 3 is 2.39 bits per heavy atom. The van der Waals surface area contributed by atoms with Gasteiger partial charge in [-0.1, -0.05) is 30.3 Å². The summed E-state index contributed by atoms with van der Waals surface area (Å²) in [5.41, 5.74) is 1.05. The molecule has 1 N–H and O–H groups in total. The molecule has 4 aliphatic heterocycles. The average molecular weight is 387 g/mol. The van der Waals surface area contributed by atoms with Gasteiger partial charge >= 0.3 is 6.55 Å². The Labute approximate surface area is 162 Å². The average Bonchev–Trinajstić information content (AvgIpc) is 3.06. The highest BCUT2D eigenvalue weighted by molar-refractivity contribution is 5.92. The Bertz CT molecular complexity index is 854. The van der Waals surface area contributed by atoms with Gasteiger partial charge < -0.3 is 15.1 Å². The third kappa shape index (κ3) is 2.82. The number of nitrogens with zero attached hydrogens (tertiary/aromatic N) is 4. The van der Waals surface area contributed by atoms with Crippen LogP contribution >= 0.6 is 0 Å². The van der Waals surface area contributed by atoms with Crippen molar-refractivity contribution < 1.29 is 13.6 Å². The molecule has 1 aromatic carbocycles. The molecule has 0 aliphatic carbocycles. The molecule has 3 atom stereocenters. The SMILES string of the molecule is O=C(N[C@@H]1C2CN3CCN(C2)CC1(c1ccccc1)C3)c1ccn(C(F)F)n1. The lowest BCUT2D eigenvalue weighted by molar-refractivity contribution is 0.0178. The van der Waals surface area contributed by atoms with Gasteiger partial charge in [0.15, 0.2) is 0 Å². The van der Waals surface area contributed by atoms with E-state index in [1.54, 1.807) is 0 Å². The second-order valence-electron chi connectivity index (χ2n) is 8.16.